The molecule has 1 amide bonds. The zero-order valence-corrected chi connectivity index (χ0v) is 17.2. The minimum atomic E-state index is -1.03. The molecule has 0 unspecified atom stereocenters. The summed E-state index contributed by atoms with van der Waals surface area (Å²) in [5, 5.41) is 4.83. The largest absolute Gasteiger partial charge is 0.493 e. The zero-order valence-electron chi connectivity index (χ0n) is 17.2. The molecule has 1 N–H and O–H groups in total. The molecule has 0 saturated heterocycles. The van der Waals surface area contributed by atoms with E-state index in [1.54, 1.807) is 12.1 Å². The number of carbonyl (C=O) groups excluding carboxylic acids is 2. The van der Waals surface area contributed by atoms with Crippen molar-refractivity contribution in [3.63, 3.8) is 0 Å². The molecule has 0 saturated carbocycles. The molecule has 30 heavy (non-hydrogen) atoms. The van der Waals surface area contributed by atoms with Gasteiger partial charge in [-0.2, -0.15) is 0 Å². The highest BCUT2D eigenvalue weighted by Crippen LogP contribution is 2.40. The lowest BCUT2D eigenvalue weighted by Crippen LogP contribution is -2.30. The summed E-state index contributed by atoms with van der Waals surface area (Å²) in [5.41, 5.74) is 0.741. The van der Waals surface area contributed by atoms with Crippen molar-refractivity contribution < 1.29 is 28.5 Å². The van der Waals surface area contributed by atoms with Crippen LogP contribution in [0.25, 0.3) is 10.8 Å². The molecule has 0 aliphatic heterocycles. The average molecular weight is 409 g/mol. The quantitative estimate of drug-likeness (QED) is 0.593. The first-order valence-electron chi connectivity index (χ1n) is 9.28. The number of amides is 1. The van der Waals surface area contributed by atoms with Gasteiger partial charge in [0.05, 0.1) is 21.3 Å². The van der Waals surface area contributed by atoms with Crippen LogP contribution in [0.5, 0.6) is 17.2 Å². The van der Waals surface area contributed by atoms with Crippen molar-refractivity contribution in [1.29, 1.82) is 0 Å². The number of rotatable bonds is 7. The molecule has 3 rings (SSSR count). The number of fused-ring (bicyclic) bond motifs is 1. The average Bonchev–Trinajstić information content (AvgIpc) is 2.77. The van der Waals surface area contributed by atoms with Crippen molar-refractivity contribution >= 4 is 28.3 Å². The van der Waals surface area contributed by atoms with E-state index in [1.807, 2.05) is 36.4 Å². The van der Waals surface area contributed by atoms with Gasteiger partial charge in [0.1, 0.15) is 5.56 Å². The predicted molar refractivity (Wildman–Crippen MR) is 114 cm³/mol. The number of hydrogen-bond donors (Lipinski definition) is 1. The maximum atomic E-state index is 12.7. The van der Waals surface area contributed by atoms with Crippen LogP contribution in [0.2, 0.25) is 0 Å². The second-order valence-electron chi connectivity index (χ2n) is 6.48. The fraction of sp³-hybridized carbons (Fsp3) is 0.217. The third-order valence-corrected chi connectivity index (χ3v) is 4.59. The molecular weight excluding hydrogens is 386 g/mol. The van der Waals surface area contributed by atoms with Gasteiger partial charge in [-0.15, -0.1) is 0 Å². The molecule has 3 aromatic rings. The van der Waals surface area contributed by atoms with Crippen LogP contribution in [0.4, 0.5) is 5.69 Å². The summed E-state index contributed by atoms with van der Waals surface area (Å²) in [5.74, 6) is -0.313. The number of hydrogen-bond acceptors (Lipinski definition) is 6. The van der Waals surface area contributed by atoms with Gasteiger partial charge in [-0.3, -0.25) is 4.79 Å². The van der Waals surface area contributed by atoms with Crippen molar-refractivity contribution in [2.45, 2.75) is 13.0 Å². The van der Waals surface area contributed by atoms with E-state index < -0.39 is 18.0 Å². The van der Waals surface area contributed by atoms with Crippen LogP contribution in [0.1, 0.15) is 17.3 Å². The lowest BCUT2D eigenvalue weighted by molar-refractivity contribution is -0.123. The van der Waals surface area contributed by atoms with Crippen molar-refractivity contribution in [3.05, 3.63) is 60.2 Å². The minimum absolute atomic E-state index is 0.125. The Bertz CT molecular complexity index is 1080. The van der Waals surface area contributed by atoms with Crippen LogP contribution in [0.3, 0.4) is 0 Å². The Balaban J connectivity index is 1.73. The maximum absolute atomic E-state index is 12.7. The first-order chi connectivity index (χ1) is 14.5. The van der Waals surface area contributed by atoms with Crippen LogP contribution in [-0.4, -0.2) is 39.3 Å². The molecule has 7 nitrogen and oxygen atoms in total. The van der Waals surface area contributed by atoms with E-state index in [2.05, 4.69) is 5.32 Å². The summed E-state index contributed by atoms with van der Waals surface area (Å²) in [7, 11) is 4.33. The van der Waals surface area contributed by atoms with Gasteiger partial charge < -0.3 is 24.3 Å². The van der Waals surface area contributed by atoms with Gasteiger partial charge in [0.2, 0.25) is 5.75 Å². The number of anilines is 1. The number of ether oxygens (including phenoxy) is 4. The van der Waals surface area contributed by atoms with E-state index >= 15 is 0 Å². The molecule has 0 aromatic heterocycles. The van der Waals surface area contributed by atoms with Crippen LogP contribution in [0.15, 0.2) is 54.6 Å². The summed E-state index contributed by atoms with van der Waals surface area (Å²) in [6, 6.07) is 16.5. The third-order valence-electron chi connectivity index (χ3n) is 4.59. The van der Waals surface area contributed by atoms with E-state index in [0.29, 0.717) is 11.4 Å². The first-order valence-corrected chi connectivity index (χ1v) is 9.28. The van der Waals surface area contributed by atoms with Crippen LogP contribution in [-0.2, 0) is 9.53 Å². The van der Waals surface area contributed by atoms with Gasteiger partial charge in [0.15, 0.2) is 17.6 Å². The lowest BCUT2D eigenvalue weighted by atomic mass is 10.1. The predicted octanol–water partition coefficient (Wildman–Crippen LogP) is 4.05. The summed E-state index contributed by atoms with van der Waals surface area (Å²) in [6.45, 7) is 1.50. The van der Waals surface area contributed by atoms with Gasteiger partial charge in [0.25, 0.3) is 5.91 Å². The van der Waals surface area contributed by atoms with Crippen molar-refractivity contribution in [3.8, 4) is 17.2 Å². The lowest BCUT2D eigenvalue weighted by Gasteiger charge is -2.17. The fourth-order valence-electron chi connectivity index (χ4n) is 3.05. The SMILES string of the molecule is COc1ccc(C(=O)O[C@@H](C)C(=O)Nc2ccc3ccccc3c2)c(OC)c1OC. The van der Waals surface area contributed by atoms with Gasteiger partial charge >= 0.3 is 5.97 Å². The van der Waals surface area contributed by atoms with E-state index in [1.165, 1.54) is 34.3 Å². The van der Waals surface area contributed by atoms with Crippen molar-refractivity contribution in [2.24, 2.45) is 0 Å². The highest BCUT2D eigenvalue weighted by molar-refractivity contribution is 6.00. The molecule has 1 atom stereocenters. The number of methoxy groups -OCH3 is 3. The van der Waals surface area contributed by atoms with Crippen molar-refractivity contribution in [2.75, 3.05) is 26.6 Å². The summed E-state index contributed by atoms with van der Waals surface area (Å²) < 4.78 is 21.1. The van der Waals surface area contributed by atoms with E-state index in [9.17, 15) is 9.59 Å². The summed E-state index contributed by atoms with van der Waals surface area (Å²) in [4.78, 5) is 25.2. The van der Waals surface area contributed by atoms with Gasteiger partial charge in [-0.05, 0) is 42.0 Å². The van der Waals surface area contributed by atoms with Crippen LogP contribution >= 0.6 is 0 Å². The molecule has 156 valence electrons. The molecule has 0 bridgehead atoms. The number of carbonyl (C=O) groups is 2. The molecule has 0 spiro atoms. The second-order valence-corrected chi connectivity index (χ2v) is 6.48. The number of nitrogens with one attached hydrogen (secondary N) is 1. The normalized spacial score (nSPS) is 11.5. The Hall–Kier alpha value is -3.74. The first kappa shape index (κ1) is 21.0. The Morgan fingerprint density at radius 3 is 2.20 bits per heavy atom. The zero-order chi connectivity index (χ0) is 21.7. The minimum Gasteiger partial charge on any atom is -0.493 e. The Morgan fingerprint density at radius 1 is 0.833 bits per heavy atom. The Kier molecular flexibility index (Phi) is 6.41. The molecule has 0 fully saturated rings. The summed E-state index contributed by atoms with van der Waals surface area (Å²) in [6.07, 6.45) is -1.03. The van der Waals surface area contributed by atoms with E-state index in [0.717, 1.165) is 10.8 Å². The molecule has 0 heterocycles. The Labute approximate surface area is 174 Å². The van der Waals surface area contributed by atoms with Crippen molar-refractivity contribution in [1.82, 2.24) is 0 Å². The van der Waals surface area contributed by atoms with Crippen LogP contribution < -0.4 is 19.5 Å². The molecule has 7 heteroatoms. The molecule has 0 radical (unpaired) electrons. The molecular formula is C23H23NO6. The Morgan fingerprint density at radius 2 is 1.53 bits per heavy atom. The number of benzene rings is 3. The standard InChI is InChI=1S/C23H23NO6/c1-14(22(25)24-17-10-9-15-7-5-6-8-16(15)13-17)30-23(26)18-11-12-19(27-2)21(29-4)20(18)28-3/h5-14H,1-4H3,(H,24,25)/t14-/m0/s1. The third kappa shape index (κ3) is 4.30. The number of esters is 1. The maximum Gasteiger partial charge on any atom is 0.342 e. The highest BCUT2D eigenvalue weighted by atomic mass is 16.6. The van der Waals surface area contributed by atoms with Gasteiger partial charge in [-0.25, -0.2) is 4.79 Å². The van der Waals surface area contributed by atoms with E-state index in [4.69, 9.17) is 18.9 Å². The molecule has 0 aliphatic rings. The van der Waals surface area contributed by atoms with Crippen LogP contribution in [0, 0.1) is 0 Å². The second kappa shape index (κ2) is 9.17. The molecule has 0 aliphatic carbocycles. The van der Waals surface area contributed by atoms with Gasteiger partial charge in [0, 0.05) is 5.69 Å². The summed E-state index contributed by atoms with van der Waals surface area (Å²) >= 11 is 0. The molecule has 3 aromatic carbocycles. The van der Waals surface area contributed by atoms with Gasteiger partial charge in [-0.1, -0.05) is 30.3 Å². The fourth-order valence-corrected chi connectivity index (χ4v) is 3.05. The topological polar surface area (TPSA) is 83.1 Å². The monoisotopic (exact) mass is 409 g/mol. The smallest absolute Gasteiger partial charge is 0.342 e. The van der Waals surface area contributed by atoms with E-state index in [-0.39, 0.29) is 17.1 Å². The highest BCUT2D eigenvalue weighted by Gasteiger charge is 2.25.